The highest BCUT2D eigenvalue weighted by molar-refractivity contribution is 14.0. The molecule has 2 rings (SSSR count). The van der Waals surface area contributed by atoms with Crippen LogP contribution in [0.4, 0.5) is 0 Å². The van der Waals surface area contributed by atoms with Gasteiger partial charge in [-0.15, -0.1) is 24.0 Å². The first kappa shape index (κ1) is 16.4. The Hall–Kier alpha value is -0.630. The lowest BCUT2D eigenvalue weighted by molar-refractivity contribution is 0.534. The largest absolute Gasteiger partial charge is 0.352 e. The molecule has 0 radical (unpaired) electrons. The molecular weight excluding hydrogens is 373 g/mol. The highest BCUT2D eigenvalue weighted by Crippen LogP contribution is 2.07. The number of halogens is 1. The Morgan fingerprint density at radius 3 is 2.47 bits per heavy atom. The Kier molecular flexibility index (Phi) is 6.78. The van der Waals surface area contributed by atoms with Gasteiger partial charge in [0, 0.05) is 42.9 Å². The van der Waals surface area contributed by atoms with Gasteiger partial charge in [-0.1, -0.05) is 24.3 Å². The van der Waals surface area contributed by atoms with E-state index < -0.39 is 10.8 Å². The molecule has 1 N–H and O–H groups in total. The van der Waals surface area contributed by atoms with Crippen LogP contribution < -0.4 is 5.32 Å². The molecule has 4 nitrogen and oxygen atoms in total. The molecular formula is C13H20IN3OS. The predicted octanol–water partition coefficient (Wildman–Crippen LogP) is 1.57. The minimum Gasteiger partial charge on any atom is -0.352 e. The molecule has 0 fully saturated rings. The first-order valence-corrected chi connectivity index (χ1v) is 7.75. The molecule has 1 aliphatic rings. The van der Waals surface area contributed by atoms with Crippen LogP contribution >= 0.6 is 24.0 Å². The second kappa shape index (κ2) is 7.84. The first-order valence-electron chi connectivity index (χ1n) is 6.02. The Bertz CT molecular complexity index is 461. The summed E-state index contributed by atoms with van der Waals surface area (Å²) in [7, 11) is 1.27. The van der Waals surface area contributed by atoms with Gasteiger partial charge in [0.1, 0.15) is 0 Å². The van der Waals surface area contributed by atoms with Gasteiger partial charge < -0.3 is 10.2 Å². The summed E-state index contributed by atoms with van der Waals surface area (Å²) in [6.07, 6.45) is 1.73. The molecule has 6 heteroatoms. The monoisotopic (exact) mass is 393 g/mol. The molecule has 0 amide bonds. The van der Waals surface area contributed by atoms with Crippen molar-refractivity contribution in [2.45, 2.75) is 12.3 Å². The van der Waals surface area contributed by atoms with Crippen molar-refractivity contribution in [1.82, 2.24) is 10.2 Å². The maximum atomic E-state index is 11.1. The topological polar surface area (TPSA) is 44.7 Å². The van der Waals surface area contributed by atoms with Crippen LogP contribution in [0.5, 0.6) is 0 Å². The molecule has 0 aromatic heterocycles. The van der Waals surface area contributed by atoms with E-state index in [1.165, 1.54) is 5.56 Å². The summed E-state index contributed by atoms with van der Waals surface area (Å²) in [5.74, 6) is 1.59. The maximum Gasteiger partial charge on any atom is 0.194 e. The number of rotatable bonds is 4. The predicted molar refractivity (Wildman–Crippen MR) is 91.4 cm³/mol. The third-order valence-electron chi connectivity index (χ3n) is 2.90. The van der Waals surface area contributed by atoms with Gasteiger partial charge in [0.25, 0.3) is 0 Å². The Morgan fingerprint density at radius 1 is 1.32 bits per heavy atom. The van der Waals surface area contributed by atoms with Crippen LogP contribution in [0.3, 0.4) is 0 Å². The fourth-order valence-corrected chi connectivity index (χ4v) is 2.55. The number of nitrogens with zero attached hydrogens (tertiary/aromatic N) is 2. The van der Waals surface area contributed by atoms with Crippen molar-refractivity contribution in [2.24, 2.45) is 4.99 Å². The van der Waals surface area contributed by atoms with Crippen molar-refractivity contribution in [3.8, 4) is 0 Å². The van der Waals surface area contributed by atoms with Gasteiger partial charge in [-0.05, 0) is 11.1 Å². The van der Waals surface area contributed by atoms with Gasteiger partial charge >= 0.3 is 0 Å². The fourth-order valence-electron chi connectivity index (χ4n) is 1.89. The number of benzene rings is 1. The van der Waals surface area contributed by atoms with Gasteiger partial charge in [0.2, 0.25) is 0 Å². The smallest absolute Gasteiger partial charge is 0.194 e. The molecule has 1 aliphatic heterocycles. The third-order valence-corrected chi connectivity index (χ3v) is 3.64. The average molecular weight is 393 g/mol. The fraction of sp³-hybridized carbons (Fsp3) is 0.462. The van der Waals surface area contributed by atoms with Crippen LogP contribution in [-0.4, -0.2) is 41.5 Å². The van der Waals surface area contributed by atoms with Crippen LogP contribution in [-0.2, 0) is 23.1 Å². The minimum absolute atomic E-state index is 0. The molecule has 1 aromatic carbocycles. The zero-order chi connectivity index (χ0) is 13.0. The molecule has 0 aliphatic carbocycles. The second-order valence-corrected chi connectivity index (χ2v) is 5.95. The maximum absolute atomic E-state index is 11.1. The number of nitrogens with one attached hydrogen (secondary N) is 1. The SMILES string of the molecule is CN1CCN=C1NCc1ccc(CS(C)=O)cc1.I. The van der Waals surface area contributed by atoms with Gasteiger partial charge in [0.15, 0.2) is 5.96 Å². The molecule has 1 unspecified atom stereocenters. The van der Waals surface area contributed by atoms with Crippen LogP contribution in [0.25, 0.3) is 0 Å². The number of guanidine groups is 1. The number of aliphatic imine (C=N–C) groups is 1. The zero-order valence-electron chi connectivity index (χ0n) is 11.3. The minimum atomic E-state index is -0.775. The van der Waals surface area contributed by atoms with E-state index in [9.17, 15) is 4.21 Å². The lowest BCUT2D eigenvalue weighted by atomic mass is 10.1. The second-order valence-electron chi connectivity index (χ2n) is 4.51. The van der Waals surface area contributed by atoms with E-state index in [2.05, 4.69) is 27.3 Å². The van der Waals surface area contributed by atoms with Gasteiger partial charge in [-0.3, -0.25) is 9.20 Å². The molecule has 0 spiro atoms. The van der Waals surface area contributed by atoms with Crippen molar-refractivity contribution < 1.29 is 4.21 Å². The van der Waals surface area contributed by atoms with E-state index in [-0.39, 0.29) is 24.0 Å². The summed E-state index contributed by atoms with van der Waals surface area (Å²) >= 11 is 0. The number of hydrogen-bond donors (Lipinski definition) is 1. The molecule has 0 bridgehead atoms. The highest BCUT2D eigenvalue weighted by atomic mass is 127. The summed E-state index contributed by atoms with van der Waals surface area (Å²) in [5.41, 5.74) is 2.33. The molecule has 106 valence electrons. The highest BCUT2D eigenvalue weighted by Gasteiger charge is 2.10. The molecule has 1 atom stereocenters. The van der Waals surface area contributed by atoms with E-state index in [4.69, 9.17) is 0 Å². The van der Waals surface area contributed by atoms with Crippen molar-refractivity contribution in [1.29, 1.82) is 0 Å². The summed E-state index contributed by atoms with van der Waals surface area (Å²) in [4.78, 5) is 6.50. The summed E-state index contributed by atoms with van der Waals surface area (Å²) in [6.45, 7) is 2.64. The quantitative estimate of drug-likeness (QED) is 0.791. The Balaban J connectivity index is 0.00000180. The van der Waals surface area contributed by atoms with Crippen LogP contribution in [0.1, 0.15) is 11.1 Å². The molecule has 0 saturated heterocycles. The number of likely N-dealkylation sites (N-methyl/N-ethyl adjacent to an activating group) is 1. The van der Waals surface area contributed by atoms with Crippen molar-refractivity contribution >= 4 is 40.7 Å². The van der Waals surface area contributed by atoms with Crippen molar-refractivity contribution in [3.63, 3.8) is 0 Å². The lowest BCUT2D eigenvalue weighted by Gasteiger charge is -2.15. The van der Waals surface area contributed by atoms with Gasteiger partial charge in [-0.2, -0.15) is 0 Å². The molecule has 19 heavy (non-hydrogen) atoms. The Morgan fingerprint density at radius 2 is 1.95 bits per heavy atom. The summed E-state index contributed by atoms with van der Waals surface area (Å²) in [6, 6.07) is 8.23. The van der Waals surface area contributed by atoms with Crippen LogP contribution in [0.2, 0.25) is 0 Å². The average Bonchev–Trinajstić information content (AvgIpc) is 2.73. The van der Waals surface area contributed by atoms with E-state index >= 15 is 0 Å². The number of hydrogen-bond acceptors (Lipinski definition) is 4. The first-order chi connectivity index (χ1) is 8.65. The van der Waals surface area contributed by atoms with E-state index in [1.807, 2.05) is 19.2 Å². The van der Waals surface area contributed by atoms with Crippen LogP contribution in [0.15, 0.2) is 29.3 Å². The normalized spacial score (nSPS) is 15.7. The van der Waals surface area contributed by atoms with Crippen molar-refractivity contribution in [2.75, 3.05) is 26.4 Å². The van der Waals surface area contributed by atoms with Crippen molar-refractivity contribution in [3.05, 3.63) is 35.4 Å². The Labute approximate surface area is 134 Å². The molecule has 0 saturated carbocycles. The van der Waals surface area contributed by atoms with Crippen LogP contribution in [0, 0.1) is 0 Å². The summed E-state index contributed by atoms with van der Waals surface area (Å²) < 4.78 is 11.1. The summed E-state index contributed by atoms with van der Waals surface area (Å²) in [5, 5.41) is 3.32. The third kappa shape index (κ3) is 5.10. The molecule has 1 aromatic rings. The lowest BCUT2D eigenvalue weighted by Crippen LogP contribution is -2.35. The van der Waals surface area contributed by atoms with E-state index in [0.29, 0.717) is 5.75 Å². The molecule has 1 heterocycles. The zero-order valence-corrected chi connectivity index (χ0v) is 14.4. The van der Waals surface area contributed by atoms with E-state index in [1.54, 1.807) is 6.26 Å². The van der Waals surface area contributed by atoms with E-state index in [0.717, 1.165) is 31.2 Å². The van der Waals surface area contributed by atoms with Gasteiger partial charge in [-0.25, -0.2) is 0 Å². The van der Waals surface area contributed by atoms with Gasteiger partial charge in [0.05, 0.1) is 6.54 Å². The standard InChI is InChI=1S/C13H19N3OS.HI/c1-16-8-7-14-13(16)15-9-11-3-5-12(6-4-11)10-18(2)17;/h3-6H,7-10H2,1-2H3,(H,14,15);1H.